The number of rotatable bonds is 5. The van der Waals surface area contributed by atoms with E-state index in [0.717, 1.165) is 104 Å². The number of hydrogen-bond acceptors (Lipinski definition) is 6. The van der Waals surface area contributed by atoms with Crippen LogP contribution in [0.2, 0.25) is 0 Å². The highest BCUT2D eigenvalue weighted by Gasteiger charge is 2.74. The Morgan fingerprint density at radius 2 is 0.821 bits per heavy atom. The van der Waals surface area contributed by atoms with Crippen LogP contribution in [0.5, 0.6) is 0 Å². The van der Waals surface area contributed by atoms with Crippen LogP contribution in [-0.4, -0.2) is 31.8 Å². The van der Waals surface area contributed by atoms with E-state index >= 15 is 0 Å². The van der Waals surface area contributed by atoms with E-state index in [2.05, 4.69) is 76.4 Å². The molecule has 0 spiro atoms. The number of aryl methyl sites for hydroxylation is 2. The number of fused-ring (bicyclic) bond motifs is 12. The fourth-order valence-corrected chi connectivity index (χ4v) is 11.5. The van der Waals surface area contributed by atoms with E-state index in [-0.39, 0.29) is 33.5 Å². The van der Waals surface area contributed by atoms with Crippen molar-refractivity contribution < 1.29 is 9.59 Å². The number of nitrogens with one attached hydrogen (secondary N) is 2. The summed E-state index contributed by atoms with van der Waals surface area (Å²) in [6.07, 6.45) is 3.24. The maximum Gasteiger partial charge on any atom is 0.237 e. The molecule has 4 aliphatic rings. The SMILES string of the molecule is Cc1cc(-c2ccc(NC(=O)C34CCC(C)(c5nc6ccccc6nc53)C4(C)C)c(C)c2)ccc1NC(=O)C12CCC(C)(c3nc4ccccc4nc31)C2(C)C. The number of benzene rings is 4. The summed E-state index contributed by atoms with van der Waals surface area (Å²) in [7, 11) is 0. The van der Waals surface area contributed by atoms with Gasteiger partial charge in [-0.1, -0.05) is 77.9 Å². The Bertz CT molecular complexity index is 2550. The summed E-state index contributed by atoms with van der Waals surface area (Å²) in [5, 5.41) is 6.71. The van der Waals surface area contributed by atoms with Crippen molar-refractivity contribution in [1.29, 1.82) is 0 Å². The van der Waals surface area contributed by atoms with Crippen molar-refractivity contribution in [3.8, 4) is 11.1 Å². The van der Waals surface area contributed by atoms with Crippen LogP contribution < -0.4 is 10.6 Å². The highest BCUT2D eigenvalue weighted by atomic mass is 16.2. The molecular weight excluding hydrogens is 693 g/mol. The molecule has 4 bridgehead atoms. The van der Waals surface area contributed by atoms with Crippen LogP contribution in [0.4, 0.5) is 11.4 Å². The summed E-state index contributed by atoms with van der Waals surface area (Å²) in [5.74, 6) is -0.0359. The average Bonchev–Trinajstić information content (AvgIpc) is 3.65. The number of amides is 2. The standard InChI is InChI=1S/C48H48N6O2/c1-27-25-29(17-19-31(27)53-41(55)47-23-21-45(7,43(47,3)4)37-39(47)51-35-15-11-9-13-33(35)49-37)30-18-20-32(28(2)26-30)54-42(56)48-24-22-46(8,44(48,5)6)38-40(48)52-36-16-12-10-14-34(36)50-38/h9-20,25-26H,21-24H2,1-8H3,(H,53,55)(H,54,56). The van der Waals surface area contributed by atoms with Crippen LogP contribution >= 0.6 is 0 Å². The first-order chi connectivity index (χ1) is 26.6. The van der Waals surface area contributed by atoms with Gasteiger partial charge in [-0.2, -0.15) is 0 Å². The average molecular weight is 741 g/mol. The van der Waals surface area contributed by atoms with Crippen LogP contribution in [0.3, 0.4) is 0 Å². The maximum atomic E-state index is 14.6. The van der Waals surface area contributed by atoms with Gasteiger partial charge in [0, 0.05) is 22.2 Å². The minimum absolute atomic E-state index is 0.0179. The number of nitrogens with zero attached hydrogens (tertiary/aromatic N) is 4. The van der Waals surface area contributed by atoms with Gasteiger partial charge in [-0.15, -0.1) is 0 Å². The molecule has 4 aromatic carbocycles. The zero-order valence-corrected chi connectivity index (χ0v) is 33.5. The van der Waals surface area contributed by atoms with Gasteiger partial charge in [-0.3, -0.25) is 9.59 Å². The lowest BCUT2D eigenvalue weighted by molar-refractivity contribution is -0.125. The summed E-state index contributed by atoms with van der Waals surface area (Å²) in [6, 6.07) is 28.3. The van der Waals surface area contributed by atoms with Crippen molar-refractivity contribution in [2.45, 2.75) is 103 Å². The number of aromatic nitrogens is 4. The Kier molecular flexibility index (Phi) is 6.92. The molecule has 10 rings (SSSR count). The Labute approximate surface area is 328 Å². The molecule has 2 aromatic heterocycles. The molecule has 8 nitrogen and oxygen atoms in total. The topological polar surface area (TPSA) is 110 Å². The monoisotopic (exact) mass is 740 g/mol. The van der Waals surface area contributed by atoms with Gasteiger partial charge in [-0.25, -0.2) is 19.9 Å². The first-order valence-electron chi connectivity index (χ1n) is 20.0. The first-order valence-corrected chi connectivity index (χ1v) is 20.0. The molecule has 0 saturated heterocycles. The van der Waals surface area contributed by atoms with Gasteiger partial charge in [-0.05, 0) is 121 Å². The molecule has 4 unspecified atom stereocenters. The molecule has 2 heterocycles. The van der Waals surface area contributed by atoms with Crippen LogP contribution in [0.15, 0.2) is 84.9 Å². The molecule has 6 aromatic rings. The molecule has 2 fully saturated rings. The second-order valence-corrected chi connectivity index (χ2v) is 18.5. The van der Waals surface area contributed by atoms with Crippen molar-refractivity contribution in [2.75, 3.05) is 10.6 Å². The predicted molar refractivity (Wildman–Crippen MR) is 222 cm³/mol. The highest BCUT2D eigenvalue weighted by molar-refractivity contribution is 6.04. The Morgan fingerprint density at radius 1 is 0.482 bits per heavy atom. The van der Waals surface area contributed by atoms with E-state index in [0.29, 0.717) is 0 Å². The number of anilines is 2. The zero-order valence-electron chi connectivity index (χ0n) is 33.5. The van der Waals surface area contributed by atoms with E-state index in [4.69, 9.17) is 19.9 Å². The summed E-state index contributed by atoms with van der Waals surface area (Å²) in [4.78, 5) is 49.8. The number of carbonyl (C=O) groups is 2. The van der Waals surface area contributed by atoms with E-state index < -0.39 is 10.8 Å². The van der Waals surface area contributed by atoms with Crippen molar-refractivity contribution in [1.82, 2.24) is 19.9 Å². The molecule has 0 aliphatic heterocycles. The van der Waals surface area contributed by atoms with E-state index in [9.17, 15) is 9.59 Å². The fraction of sp³-hybridized carbons (Fsp3) is 0.375. The van der Waals surface area contributed by atoms with Crippen molar-refractivity contribution in [3.05, 3.63) is 119 Å². The molecule has 4 aliphatic carbocycles. The minimum Gasteiger partial charge on any atom is -0.325 e. The van der Waals surface area contributed by atoms with E-state index in [1.54, 1.807) is 0 Å². The molecule has 2 saturated carbocycles. The zero-order chi connectivity index (χ0) is 39.2. The summed E-state index contributed by atoms with van der Waals surface area (Å²) in [6.45, 7) is 17.4. The third-order valence-electron chi connectivity index (χ3n) is 15.9. The van der Waals surface area contributed by atoms with Crippen molar-refractivity contribution in [3.63, 3.8) is 0 Å². The predicted octanol–water partition coefficient (Wildman–Crippen LogP) is 9.79. The van der Waals surface area contributed by atoms with Crippen LogP contribution in [0.25, 0.3) is 33.2 Å². The molecule has 2 N–H and O–H groups in total. The fourth-order valence-electron chi connectivity index (χ4n) is 11.5. The Balaban J connectivity index is 0.922. The quantitative estimate of drug-likeness (QED) is 0.182. The van der Waals surface area contributed by atoms with Crippen LogP contribution in [0, 0.1) is 24.7 Å². The smallest absolute Gasteiger partial charge is 0.237 e. The summed E-state index contributed by atoms with van der Waals surface area (Å²) < 4.78 is 0. The van der Waals surface area contributed by atoms with Crippen molar-refractivity contribution >= 4 is 45.3 Å². The van der Waals surface area contributed by atoms with Gasteiger partial charge >= 0.3 is 0 Å². The lowest BCUT2D eigenvalue weighted by Gasteiger charge is -2.39. The first kappa shape index (κ1) is 35.0. The highest BCUT2D eigenvalue weighted by Crippen LogP contribution is 2.71. The second kappa shape index (κ2) is 11.1. The normalized spacial score (nSPS) is 27.4. The molecule has 8 heteroatoms. The van der Waals surface area contributed by atoms with Gasteiger partial charge < -0.3 is 10.6 Å². The lowest BCUT2D eigenvalue weighted by Crippen LogP contribution is -2.48. The molecular formula is C48H48N6O2. The molecule has 56 heavy (non-hydrogen) atoms. The molecule has 282 valence electrons. The van der Waals surface area contributed by atoms with E-state index in [1.165, 1.54) is 0 Å². The summed E-state index contributed by atoms with van der Waals surface area (Å²) >= 11 is 0. The van der Waals surface area contributed by atoms with E-state index in [1.807, 2.05) is 74.5 Å². The van der Waals surface area contributed by atoms with Crippen LogP contribution in [0.1, 0.15) is 101 Å². The second-order valence-electron chi connectivity index (χ2n) is 18.5. The van der Waals surface area contributed by atoms with Crippen molar-refractivity contribution in [2.24, 2.45) is 10.8 Å². The van der Waals surface area contributed by atoms with Crippen LogP contribution in [-0.2, 0) is 31.2 Å². The van der Waals surface area contributed by atoms with Gasteiger partial charge in [0.2, 0.25) is 11.8 Å². The maximum absolute atomic E-state index is 14.6. The Hall–Kier alpha value is -5.50. The lowest BCUT2D eigenvalue weighted by atomic mass is 9.63. The third kappa shape index (κ3) is 4.04. The Morgan fingerprint density at radius 3 is 1.16 bits per heavy atom. The molecule has 2 amide bonds. The largest absolute Gasteiger partial charge is 0.325 e. The van der Waals surface area contributed by atoms with Gasteiger partial charge in [0.15, 0.2) is 0 Å². The third-order valence-corrected chi connectivity index (χ3v) is 15.9. The van der Waals surface area contributed by atoms with Gasteiger partial charge in [0.05, 0.1) is 55.7 Å². The number of para-hydroxylation sites is 4. The minimum atomic E-state index is -0.788. The summed E-state index contributed by atoms with van der Waals surface area (Å²) in [5.41, 5.74) is 9.75. The number of carbonyl (C=O) groups excluding carboxylic acids is 2. The number of hydrogen-bond donors (Lipinski definition) is 2. The molecule has 0 radical (unpaired) electrons. The van der Waals surface area contributed by atoms with Gasteiger partial charge in [0.1, 0.15) is 0 Å². The van der Waals surface area contributed by atoms with Gasteiger partial charge in [0.25, 0.3) is 0 Å². The molecule has 4 atom stereocenters.